The summed E-state index contributed by atoms with van der Waals surface area (Å²) in [7, 11) is 3.35. The first-order chi connectivity index (χ1) is 10.2. The van der Waals surface area contributed by atoms with Crippen LogP contribution >= 0.6 is 0 Å². The zero-order valence-electron chi connectivity index (χ0n) is 12.6. The SMILES string of the molecule is COCCCN1C(=O)C2(CC2)NC1c1ccccc1OC. The molecule has 3 rings (SSSR count). The molecule has 1 aliphatic heterocycles. The van der Waals surface area contributed by atoms with Gasteiger partial charge in [0.15, 0.2) is 0 Å². The normalized spacial score (nSPS) is 22.9. The third-order valence-electron chi connectivity index (χ3n) is 4.33. The molecule has 5 heteroatoms. The zero-order chi connectivity index (χ0) is 14.9. The molecular formula is C16H22N2O3. The molecule has 5 nitrogen and oxygen atoms in total. The number of amides is 1. The van der Waals surface area contributed by atoms with Gasteiger partial charge in [0.2, 0.25) is 5.91 Å². The summed E-state index contributed by atoms with van der Waals surface area (Å²) in [6, 6.07) is 7.89. The molecule has 2 fully saturated rings. The van der Waals surface area contributed by atoms with Crippen LogP contribution in [0.4, 0.5) is 0 Å². The monoisotopic (exact) mass is 290 g/mol. The van der Waals surface area contributed by atoms with E-state index in [4.69, 9.17) is 9.47 Å². The highest BCUT2D eigenvalue weighted by molar-refractivity contribution is 5.92. The van der Waals surface area contributed by atoms with E-state index in [1.54, 1.807) is 14.2 Å². The molecule has 1 heterocycles. The fourth-order valence-corrected chi connectivity index (χ4v) is 3.02. The van der Waals surface area contributed by atoms with E-state index in [0.717, 1.165) is 30.6 Å². The second kappa shape index (κ2) is 5.66. The van der Waals surface area contributed by atoms with Crippen LogP contribution in [0.25, 0.3) is 0 Å². The number of ether oxygens (including phenoxy) is 2. The highest BCUT2D eigenvalue weighted by Crippen LogP contribution is 2.47. The quantitative estimate of drug-likeness (QED) is 0.810. The number of nitrogens with zero attached hydrogens (tertiary/aromatic N) is 1. The number of para-hydroxylation sites is 1. The molecule has 1 spiro atoms. The Hall–Kier alpha value is -1.59. The van der Waals surface area contributed by atoms with E-state index < -0.39 is 0 Å². The lowest BCUT2D eigenvalue weighted by molar-refractivity contribution is -0.131. The predicted octanol–water partition coefficient (Wildman–Crippen LogP) is 1.69. The van der Waals surface area contributed by atoms with Crippen molar-refractivity contribution in [3.8, 4) is 5.75 Å². The van der Waals surface area contributed by atoms with Gasteiger partial charge in [-0.2, -0.15) is 0 Å². The Morgan fingerprint density at radius 3 is 2.76 bits per heavy atom. The first-order valence-electron chi connectivity index (χ1n) is 7.42. The van der Waals surface area contributed by atoms with Crippen molar-refractivity contribution in [3.05, 3.63) is 29.8 Å². The lowest BCUT2D eigenvalue weighted by atomic mass is 10.1. The summed E-state index contributed by atoms with van der Waals surface area (Å²) in [6.45, 7) is 1.36. The van der Waals surface area contributed by atoms with Crippen LogP contribution in [-0.4, -0.2) is 43.7 Å². The first kappa shape index (κ1) is 14.4. The molecule has 1 aromatic rings. The van der Waals surface area contributed by atoms with E-state index in [1.807, 2.05) is 29.2 Å². The van der Waals surface area contributed by atoms with Crippen LogP contribution in [0.1, 0.15) is 31.0 Å². The minimum Gasteiger partial charge on any atom is -0.496 e. The van der Waals surface area contributed by atoms with Crippen molar-refractivity contribution in [2.75, 3.05) is 27.4 Å². The van der Waals surface area contributed by atoms with Crippen molar-refractivity contribution in [2.45, 2.75) is 31.0 Å². The average Bonchev–Trinajstić information content (AvgIpc) is 3.24. The standard InChI is InChI=1S/C16H22N2O3/c1-20-11-5-10-18-14(17-16(8-9-16)15(18)19)12-6-3-4-7-13(12)21-2/h3-4,6-7,14,17H,5,8-11H2,1-2H3. The van der Waals surface area contributed by atoms with E-state index in [0.29, 0.717) is 13.2 Å². The Morgan fingerprint density at radius 1 is 1.33 bits per heavy atom. The molecule has 0 aromatic heterocycles. The number of rotatable bonds is 6. The number of hydrogen-bond acceptors (Lipinski definition) is 4. The summed E-state index contributed by atoms with van der Waals surface area (Å²) in [5.41, 5.74) is 0.702. The molecule has 1 saturated heterocycles. The van der Waals surface area contributed by atoms with E-state index in [1.165, 1.54) is 0 Å². The third-order valence-corrected chi connectivity index (χ3v) is 4.33. The second-order valence-electron chi connectivity index (χ2n) is 5.72. The maximum absolute atomic E-state index is 12.6. The Bertz CT molecular complexity index is 528. The van der Waals surface area contributed by atoms with E-state index in [2.05, 4.69) is 5.32 Å². The molecule has 1 N–H and O–H groups in total. The molecule has 2 aliphatic rings. The fourth-order valence-electron chi connectivity index (χ4n) is 3.02. The number of nitrogens with one attached hydrogen (secondary N) is 1. The van der Waals surface area contributed by atoms with Crippen LogP contribution in [-0.2, 0) is 9.53 Å². The average molecular weight is 290 g/mol. The lowest BCUT2D eigenvalue weighted by Crippen LogP contribution is -2.33. The van der Waals surface area contributed by atoms with Gasteiger partial charge in [0, 0.05) is 25.8 Å². The molecule has 0 radical (unpaired) electrons. The number of benzene rings is 1. The number of carbonyl (C=O) groups is 1. The van der Waals surface area contributed by atoms with Crippen LogP contribution in [0, 0.1) is 0 Å². The largest absolute Gasteiger partial charge is 0.496 e. The van der Waals surface area contributed by atoms with Crippen molar-refractivity contribution in [1.29, 1.82) is 0 Å². The molecule has 1 saturated carbocycles. The van der Waals surface area contributed by atoms with Crippen LogP contribution in [0.5, 0.6) is 5.75 Å². The van der Waals surface area contributed by atoms with Gasteiger partial charge in [-0.05, 0) is 25.3 Å². The first-order valence-corrected chi connectivity index (χ1v) is 7.42. The van der Waals surface area contributed by atoms with Gasteiger partial charge < -0.3 is 14.4 Å². The van der Waals surface area contributed by atoms with Gasteiger partial charge in [0.05, 0.1) is 7.11 Å². The highest BCUT2D eigenvalue weighted by Gasteiger charge is 2.59. The van der Waals surface area contributed by atoms with E-state index >= 15 is 0 Å². The van der Waals surface area contributed by atoms with Crippen LogP contribution in [0.3, 0.4) is 0 Å². The molecule has 1 amide bonds. The Balaban J connectivity index is 1.85. The number of methoxy groups -OCH3 is 2. The summed E-state index contributed by atoms with van der Waals surface area (Å²) >= 11 is 0. The van der Waals surface area contributed by atoms with Crippen molar-refractivity contribution < 1.29 is 14.3 Å². The molecule has 1 aliphatic carbocycles. The van der Waals surface area contributed by atoms with Crippen molar-refractivity contribution >= 4 is 5.91 Å². The molecule has 1 atom stereocenters. The van der Waals surface area contributed by atoms with Gasteiger partial charge in [0.1, 0.15) is 17.5 Å². The third kappa shape index (κ3) is 2.51. The topological polar surface area (TPSA) is 50.8 Å². The van der Waals surface area contributed by atoms with E-state index in [-0.39, 0.29) is 17.6 Å². The smallest absolute Gasteiger partial charge is 0.244 e. The maximum atomic E-state index is 12.6. The Kier molecular flexibility index (Phi) is 3.87. The summed E-state index contributed by atoms with van der Waals surface area (Å²) < 4.78 is 10.6. The number of carbonyl (C=O) groups excluding carboxylic acids is 1. The summed E-state index contributed by atoms with van der Waals surface area (Å²) in [5, 5.41) is 3.51. The summed E-state index contributed by atoms with van der Waals surface area (Å²) in [6.07, 6.45) is 2.59. The molecule has 114 valence electrons. The number of hydrogen-bond donors (Lipinski definition) is 1. The van der Waals surface area contributed by atoms with E-state index in [9.17, 15) is 4.79 Å². The molecule has 0 bridgehead atoms. The van der Waals surface area contributed by atoms with Gasteiger partial charge in [-0.3, -0.25) is 10.1 Å². The van der Waals surface area contributed by atoms with Gasteiger partial charge in [-0.25, -0.2) is 0 Å². The summed E-state index contributed by atoms with van der Waals surface area (Å²) in [4.78, 5) is 14.6. The van der Waals surface area contributed by atoms with Crippen molar-refractivity contribution in [3.63, 3.8) is 0 Å². The Morgan fingerprint density at radius 2 is 2.10 bits per heavy atom. The maximum Gasteiger partial charge on any atom is 0.244 e. The molecule has 1 unspecified atom stereocenters. The highest BCUT2D eigenvalue weighted by atomic mass is 16.5. The zero-order valence-corrected chi connectivity index (χ0v) is 12.6. The molecule has 1 aromatic carbocycles. The molecular weight excluding hydrogens is 268 g/mol. The minimum absolute atomic E-state index is 0.104. The summed E-state index contributed by atoms with van der Waals surface area (Å²) in [5.74, 6) is 1.03. The van der Waals surface area contributed by atoms with Gasteiger partial charge in [0.25, 0.3) is 0 Å². The second-order valence-corrected chi connectivity index (χ2v) is 5.72. The van der Waals surface area contributed by atoms with Crippen LogP contribution in [0.2, 0.25) is 0 Å². The van der Waals surface area contributed by atoms with Crippen LogP contribution in [0.15, 0.2) is 24.3 Å². The van der Waals surface area contributed by atoms with Crippen molar-refractivity contribution in [2.24, 2.45) is 0 Å². The minimum atomic E-state index is -0.321. The molecule has 21 heavy (non-hydrogen) atoms. The van der Waals surface area contributed by atoms with Crippen LogP contribution < -0.4 is 10.1 Å². The fraction of sp³-hybridized carbons (Fsp3) is 0.562. The van der Waals surface area contributed by atoms with Gasteiger partial charge >= 0.3 is 0 Å². The van der Waals surface area contributed by atoms with Gasteiger partial charge in [-0.1, -0.05) is 18.2 Å². The Labute approximate surface area is 125 Å². The van der Waals surface area contributed by atoms with Gasteiger partial charge in [-0.15, -0.1) is 0 Å². The van der Waals surface area contributed by atoms with Crippen molar-refractivity contribution in [1.82, 2.24) is 10.2 Å². The predicted molar refractivity (Wildman–Crippen MR) is 79.0 cm³/mol. The lowest BCUT2D eigenvalue weighted by Gasteiger charge is -2.25.